The van der Waals surface area contributed by atoms with Gasteiger partial charge in [-0.25, -0.2) is 0 Å². The highest BCUT2D eigenvalue weighted by Crippen LogP contribution is 2.11. The predicted molar refractivity (Wildman–Crippen MR) is 65.9 cm³/mol. The van der Waals surface area contributed by atoms with E-state index < -0.39 is 8.80 Å². The van der Waals surface area contributed by atoms with Gasteiger partial charge in [0.2, 0.25) is 0 Å². The van der Waals surface area contributed by atoms with E-state index in [1.807, 2.05) is 17.8 Å². The summed E-state index contributed by atoms with van der Waals surface area (Å²) >= 11 is 0. The van der Waals surface area contributed by atoms with Gasteiger partial charge in [0.1, 0.15) is 6.79 Å². The third-order valence-corrected chi connectivity index (χ3v) is 4.21. The molecule has 0 aliphatic heterocycles. The SMILES string of the molecule is CO[Si](C=CC(C)C)(OC)OCOCCC#N. The Kier molecular flexibility index (Phi) is 8.94. The summed E-state index contributed by atoms with van der Waals surface area (Å²) in [4.78, 5) is 0. The van der Waals surface area contributed by atoms with Crippen molar-refractivity contribution in [3.8, 4) is 6.07 Å². The van der Waals surface area contributed by atoms with E-state index in [-0.39, 0.29) is 6.79 Å². The molecular formula is C11H21NO4Si. The first-order valence-corrected chi connectivity index (χ1v) is 7.28. The van der Waals surface area contributed by atoms with Crippen LogP contribution in [-0.4, -0.2) is 36.4 Å². The van der Waals surface area contributed by atoms with Gasteiger partial charge in [0, 0.05) is 14.2 Å². The second-order valence-electron chi connectivity index (χ2n) is 3.69. The molecule has 0 fully saturated rings. The Balaban J connectivity index is 4.17. The molecule has 0 radical (unpaired) electrons. The van der Waals surface area contributed by atoms with Crippen molar-refractivity contribution < 1.29 is 18.0 Å². The average Bonchev–Trinajstić information content (AvgIpc) is 2.33. The van der Waals surface area contributed by atoms with Gasteiger partial charge in [0.25, 0.3) is 0 Å². The summed E-state index contributed by atoms with van der Waals surface area (Å²) in [7, 11) is 0.348. The van der Waals surface area contributed by atoms with E-state index in [1.54, 1.807) is 14.2 Å². The average molecular weight is 259 g/mol. The van der Waals surface area contributed by atoms with Crippen LogP contribution in [0.25, 0.3) is 0 Å². The van der Waals surface area contributed by atoms with Crippen LogP contribution >= 0.6 is 0 Å². The zero-order chi connectivity index (χ0) is 13.1. The van der Waals surface area contributed by atoms with Gasteiger partial charge >= 0.3 is 8.80 Å². The van der Waals surface area contributed by atoms with Crippen molar-refractivity contribution in [2.75, 3.05) is 27.6 Å². The molecule has 0 saturated carbocycles. The van der Waals surface area contributed by atoms with Crippen molar-refractivity contribution in [3.63, 3.8) is 0 Å². The Bertz CT molecular complexity index is 259. The third-order valence-electron chi connectivity index (χ3n) is 1.96. The van der Waals surface area contributed by atoms with Gasteiger partial charge in [-0.1, -0.05) is 19.9 Å². The molecule has 0 aromatic carbocycles. The molecule has 0 atom stereocenters. The van der Waals surface area contributed by atoms with Crippen molar-refractivity contribution in [1.29, 1.82) is 5.26 Å². The molecule has 17 heavy (non-hydrogen) atoms. The van der Waals surface area contributed by atoms with Crippen LogP contribution in [0.15, 0.2) is 11.8 Å². The summed E-state index contributed by atoms with van der Waals surface area (Å²) in [5.74, 6) is 0.398. The van der Waals surface area contributed by atoms with Crippen LogP contribution in [0.5, 0.6) is 0 Å². The molecule has 0 aromatic rings. The monoisotopic (exact) mass is 259 g/mol. The van der Waals surface area contributed by atoms with Gasteiger partial charge in [0.15, 0.2) is 0 Å². The normalized spacial score (nSPS) is 12.2. The van der Waals surface area contributed by atoms with Gasteiger partial charge in [0.05, 0.1) is 19.1 Å². The van der Waals surface area contributed by atoms with E-state index in [0.717, 1.165) is 0 Å². The van der Waals surface area contributed by atoms with Crippen molar-refractivity contribution >= 4 is 8.80 Å². The Morgan fingerprint density at radius 3 is 2.41 bits per heavy atom. The Labute approximate surface area is 104 Å². The first-order chi connectivity index (χ1) is 8.10. The lowest BCUT2D eigenvalue weighted by molar-refractivity contribution is -0.0259. The summed E-state index contributed by atoms with van der Waals surface area (Å²) in [6.07, 6.45) is 2.33. The molecule has 0 aromatic heterocycles. The first kappa shape index (κ1) is 16.3. The number of hydrogen-bond donors (Lipinski definition) is 0. The maximum Gasteiger partial charge on any atom is 0.530 e. The highest BCUT2D eigenvalue weighted by molar-refractivity contribution is 6.66. The topological polar surface area (TPSA) is 60.7 Å². The number of ether oxygens (including phenoxy) is 1. The molecule has 0 aliphatic rings. The lowest BCUT2D eigenvalue weighted by atomic mass is 10.2. The van der Waals surface area contributed by atoms with Crippen molar-refractivity contribution in [2.24, 2.45) is 5.92 Å². The minimum absolute atomic E-state index is 0.0675. The van der Waals surface area contributed by atoms with Crippen LogP contribution in [0.2, 0.25) is 0 Å². The fourth-order valence-electron chi connectivity index (χ4n) is 0.996. The molecule has 0 aliphatic carbocycles. The third kappa shape index (κ3) is 7.26. The minimum atomic E-state index is -2.75. The summed E-state index contributed by atoms with van der Waals surface area (Å²) in [6.45, 7) is 4.54. The zero-order valence-electron chi connectivity index (χ0n) is 10.9. The predicted octanol–water partition coefficient (Wildman–Crippen LogP) is 1.87. The van der Waals surface area contributed by atoms with Crippen LogP contribution in [-0.2, 0) is 18.0 Å². The van der Waals surface area contributed by atoms with Gasteiger partial charge in [-0.05, 0) is 11.6 Å². The summed E-state index contributed by atoms with van der Waals surface area (Å²) < 4.78 is 21.3. The molecule has 0 unspecified atom stereocenters. The van der Waals surface area contributed by atoms with Gasteiger partial charge in [-0.3, -0.25) is 0 Å². The van der Waals surface area contributed by atoms with E-state index in [9.17, 15) is 0 Å². The Morgan fingerprint density at radius 2 is 1.94 bits per heavy atom. The molecule has 6 heteroatoms. The van der Waals surface area contributed by atoms with Crippen molar-refractivity contribution in [1.82, 2.24) is 0 Å². The Morgan fingerprint density at radius 1 is 1.29 bits per heavy atom. The van der Waals surface area contributed by atoms with Crippen LogP contribution in [0.3, 0.4) is 0 Å². The largest absolute Gasteiger partial charge is 0.530 e. The summed E-state index contributed by atoms with van der Waals surface area (Å²) in [5, 5.41) is 8.34. The van der Waals surface area contributed by atoms with E-state index in [4.69, 9.17) is 23.3 Å². The van der Waals surface area contributed by atoms with E-state index in [2.05, 4.69) is 13.8 Å². The standard InChI is InChI=1S/C11H21NO4Si/c1-11(2)6-9-17(13-3,14-4)16-10-15-8-5-7-12/h6,9,11H,5,8,10H2,1-4H3. The van der Waals surface area contributed by atoms with E-state index in [0.29, 0.717) is 18.9 Å². The van der Waals surface area contributed by atoms with Crippen molar-refractivity contribution in [2.45, 2.75) is 20.3 Å². The van der Waals surface area contributed by atoms with E-state index >= 15 is 0 Å². The number of nitrogens with zero attached hydrogens (tertiary/aromatic N) is 1. The molecule has 0 spiro atoms. The molecular weight excluding hydrogens is 238 g/mol. The summed E-state index contributed by atoms with van der Waals surface area (Å²) in [5.41, 5.74) is 1.84. The number of rotatable bonds is 9. The van der Waals surface area contributed by atoms with Crippen LogP contribution < -0.4 is 0 Å². The molecule has 0 N–H and O–H groups in total. The number of nitriles is 1. The van der Waals surface area contributed by atoms with Crippen LogP contribution in [0.4, 0.5) is 0 Å². The number of hydrogen-bond acceptors (Lipinski definition) is 5. The lowest BCUT2D eigenvalue weighted by Gasteiger charge is -2.23. The summed E-state index contributed by atoms with van der Waals surface area (Å²) in [6, 6.07) is 1.99. The fourth-order valence-corrected chi connectivity index (χ4v) is 2.64. The maximum atomic E-state index is 8.34. The van der Waals surface area contributed by atoms with Gasteiger partial charge in [-0.15, -0.1) is 0 Å². The number of allylic oxidation sites excluding steroid dienone is 1. The highest BCUT2D eigenvalue weighted by atomic mass is 28.4. The molecule has 0 amide bonds. The Hall–Kier alpha value is -0.713. The van der Waals surface area contributed by atoms with Crippen LogP contribution in [0, 0.1) is 17.2 Å². The van der Waals surface area contributed by atoms with E-state index in [1.165, 1.54) is 0 Å². The van der Waals surface area contributed by atoms with Gasteiger partial charge in [-0.2, -0.15) is 5.26 Å². The second-order valence-corrected chi connectivity index (χ2v) is 6.34. The molecule has 98 valence electrons. The molecule has 0 saturated heterocycles. The highest BCUT2D eigenvalue weighted by Gasteiger charge is 2.36. The maximum absolute atomic E-state index is 8.34. The molecule has 0 rings (SSSR count). The fraction of sp³-hybridized carbons (Fsp3) is 0.727. The first-order valence-electron chi connectivity index (χ1n) is 5.48. The minimum Gasteiger partial charge on any atom is -0.374 e. The smallest absolute Gasteiger partial charge is 0.374 e. The molecule has 0 heterocycles. The van der Waals surface area contributed by atoms with Crippen molar-refractivity contribution in [3.05, 3.63) is 11.8 Å². The van der Waals surface area contributed by atoms with Crippen LogP contribution in [0.1, 0.15) is 20.3 Å². The lowest BCUT2D eigenvalue weighted by Crippen LogP contribution is -2.43. The molecule has 0 bridgehead atoms. The quantitative estimate of drug-likeness (QED) is 0.359. The zero-order valence-corrected chi connectivity index (χ0v) is 11.9. The van der Waals surface area contributed by atoms with Gasteiger partial charge < -0.3 is 18.0 Å². The molecule has 5 nitrogen and oxygen atoms in total. The second kappa shape index (κ2) is 9.33.